The number of aryl methyl sites for hydroxylation is 1. The Kier molecular flexibility index (Phi) is 3.88. The molecule has 2 N–H and O–H groups in total. The van der Waals surface area contributed by atoms with Crippen LogP contribution in [0, 0.1) is 0 Å². The van der Waals surface area contributed by atoms with Crippen LogP contribution in [0.5, 0.6) is 0 Å². The van der Waals surface area contributed by atoms with Gasteiger partial charge in [-0.2, -0.15) is 0 Å². The van der Waals surface area contributed by atoms with E-state index in [1.54, 1.807) is 6.20 Å². The molecule has 3 rings (SSSR count). The average Bonchev–Trinajstić information content (AvgIpc) is 3.30. The number of hydrogen-bond acceptors (Lipinski definition) is 3. The molecule has 0 amide bonds. The molecule has 1 aromatic heterocycles. The van der Waals surface area contributed by atoms with Gasteiger partial charge in [0.25, 0.3) is 0 Å². The standard InChI is InChI=1S/C14H23N3O2S/c1-2-7-17-10-14(20(18,19)16-12-5-6-12)8-13(17)9-15-11-3-4-11/h8,10-12,15-16H,2-7,9H2,1H3. The van der Waals surface area contributed by atoms with Crippen molar-refractivity contribution < 1.29 is 8.42 Å². The van der Waals surface area contributed by atoms with Crippen LogP contribution in [0.4, 0.5) is 0 Å². The summed E-state index contributed by atoms with van der Waals surface area (Å²) in [4.78, 5) is 0.408. The van der Waals surface area contributed by atoms with E-state index in [1.807, 2.05) is 6.07 Å². The average molecular weight is 297 g/mol. The second-order valence-electron chi connectivity index (χ2n) is 5.91. The molecule has 0 aliphatic heterocycles. The van der Waals surface area contributed by atoms with Crippen molar-refractivity contribution in [3.63, 3.8) is 0 Å². The predicted octanol–water partition coefficient (Wildman–Crippen LogP) is 1.59. The summed E-state index contributed by atoms with van der Waals surface area (Å²) in [5.74, 6) is 0. The Labute approximate surface area is 120 Å². The smallest absolute Gasteiger partial charge is 0.242 e. The molecule has 0 saturated heterocycles. The van der Waals surface area contributed by atoms with E-state index >= 15 is 0 Å². The quantitative estimate of drug-likeness (QED) is 0.766. The van der Waals surface area contributed by atoms with Crippen LogP contribution in [0.25, 0.3) is 0 Å². The van der Waals surface area contributed by atoms with Gasteiger partial charge in [0.2, 0.25) is 10.0 Å². The fraction of sp³-hybridized carbons (Fsp3) is 0.714. The summed E-state index contributed by atoms with van der Waals surface area (Å²) in [5.41, 5.74) is 1.06. The van der Waals surface area contributed by atoms with E-state index in [9.17, 15) is 8.42 Å². The van der Waals surface area contributed by atoms with Crippen LogP contribution in [0.1, 0.15) is 44.7 Å². The summed E-state index contributed by atoms with van der Waals surface area (Å²) in [6.45, 7) is 3.72. The Balaban J connectivity index is 1.77. The number of nitrogens with one attached hydrogen (secondary N) is 2. The van der Waals surface area contributed by atoms with Gasteiger partial charge in [0.1, 0.15) is 0 Å². The van der Waals surface area contributed by atoms with Gasteiger partial charge in [0.15, 0.2) is 0 Å². The normalized spacial score (nSPS) is 19.4. The highest BCUT2D eigenvalue weighted by Gasteiger charge is 2.29. The molecule has 5 nitrogen and oxygen atoms in total. The molecule has 0 aromatic carbocycles. The summed E-state index contributed by atoms with van der Waals surface area (Å²) < 4.78 is 29.3. The first-order valence-corrected chi connectivity index (χ1v) is 9.01. The van der Waals surface area contributed by atoms with Crippen LogP contribution < -0.4 is 10.0 Å². The van der Waals surface area contributed by atoms with E-state index in [4.69, 9.17) is 0 Å². The molecule has 0 unspecified atom stereocenters. The van der Waals surface area contributed by atoms with Gasteiger partial charge in [-0.3, -0.25) is 0 Å². The number of hydrogen-bond donors (Lipinski definition) is 2. The van der Waals surface area contributed by atoms with E-state index in [0.29, 0.717) is 10.9 Å². The predicted molar refractivity (Wildman–Crippen MR) is 77.9 cm³/mol. The van der Waals surface area contributed by atoms with Crippen molar-refractivity contribution in [1.82, 2.24) is 14.6 Å². The van der Waals surface area contributed by atoms with Crippen LogP contribution in [-0.4, -0.2) is 25.1 Å². The zero-order chi connectivity index (χ0) is 14.2. The first-order chi connectivity index (χ1) is 9.58. The lowest BCUT2D eigenvalue weighted by Gasteiger charge is -2.07. The van der Waals surface area contributed by atoms with Gasteiger partial charge in [-0.15, -0.1) is 0 Å². The van der Waals surface area contributed by atoms with Crippen molar-refractivity contribution in [1.29, 1.82) is 0 Å². The summed E-state index contributed by atoms with van der Waals surface area (Å²) in [5, 5.41) is 3.45. The third kappa shape index (κ3) is 3.42. The third-order valence-electron chi connectivity index (χ3n) is 3.78. The molecule has 0 bridgehead atoms. The minimum absolute atomic E-state index is 0.155. The zero-order valence-corrected chi connectivity index (χ0v) is 12.7. The Morgan fingerprint density at radius 2 is 1.95 bits per heavy atom. The van der Waals surface area contributed by atoms with Crippen molar-refractivity contribution in [2.45, 2.75) is 69.1 Å². The largest absolute Gasteiger partial charge is 0.349 e. The molecule has 2 aliphatic rings. The number of sulfonamides is 1. The van der Waals surface area contributed by atoms with Gasteiger partial charge in [0, 0.05) is 37.1 Å². The number of rotatable bonds is 8. The minimum atomic E-state index is -3.34. The fourth-order valence-electron chi connectivity index (χ4n) is 2.29. The Morgan fingerprint density at radius 3 is 2.55 bits per heavy atom. The van der Waals surface area contributed by atoms with Gasteiger partial charge in [0.05, 0.1) is 4.90 Å². The minimum Gasteiger partial charge on any atom is -0.349 e. The third-order valence-corrected chi connectivity index (χ3v) is 5.27. The summed E-state index contributed by atoms with van der Waals surface area (Å²) >= 11 is 0. The molecular weight excluding hydrogens is 274 g/mol. The van der Waals surface area contributed by atoms with Crippen LogP contribution in [0.15, 0.2) is 17.2 Å². The van der Waals surface area contributed by atoms with Gasteiger partial charge in [-0.25, -0.2) is 13.1 Å². The van der Waals surface area contributed by atoms with E-state index in [0.717, 1.165) is 38.0 Å². The lowest BCUT2D eigenvalue weighted by Crippen LogP contribution is -2.25. The maximum atomic E-state index is 12.3. The zero-order valence-electron chi connectivity index (χ0n) is 11.9. The Hall–Kier alpha value is -0.850. The molecule has 1 aromatic rings. The fourth-order valence-corrected chi connectivity index (χ4v) is 3.66. The number of nitrogens with zero attached hydrogens (tertiary/aromatic N) is 1. The summed E-state index contributed by atoms with van der Waals surface area (Å²) in [6, 6.07) is 2.60. The highest BCUT2D eigenvalue weighted by atomic mass is 32.2. The molecule has 2 saturated carbocycles. The van der Waals surface area contributed by atoms with E-state index in [-0.39, 0.29) is 6.04 Å². The maximum absolute atomic E-state index is 12.3. The van der Waals surface area contributed by atoms with Gasteiger partial charge in [-0.05, 0) is 38.2 Å². The molecule has 112 valence electrons. The van der Waals surface area contributed by atoms with E-state index in [1.165, 1.54) is 12.8 Å². The van der Waals surface area contributed by atoms with Crippen molar-refractivity contribution >= 4 is 10.0 Å². The molecule has 2 fully saturated rings. The summed E-state index contributed by atoms with van der Waals surface area (Å²) in [6.07, 6.45) is 7.18. The lowest BCUT2D eigenvalue weighted by atomic mass is 10.4. The topological polar surface area (TPSA) is 63.1 Å². The SMILES string of the molecule is CCCn1cc(S(=O)(=O)NC2CC2)cc1CNC1CC1. The molecule has 6 heteroatoms. The number of aromatic nitrogens is 1. The molecular formula is C14H23N3O2S. The Morgan fingerprint density at radius 1 is 1.25 bits per heavy atom. The highest BCUT2D eigenvalue weighted by Crippen LogP contribution is 2.24. The summed E-state index contributed by atoms with van der Waals surface area (Å²) in [7, 11) is -3.34. The molecule has 0 atom stereocenters. The Bertz CT molecular complexity index is 571. The monoisotopic (exact) mass is 297 g/mol. The second kappa shape index (κ2) is 5.50. The first-order valence-electron chi connectivity index (χ1n) is 7.53. The second-order valence-corrected chi connectivity index (χ2v) is 7.63. The van der Waals surface area contributed by atoms with Crippen LogP contribution in [0.3, 0.4) is 0 Å². The maximum Gasteiger partial charge on any atom is 0.242 e. The first kappa shape index (κ1) is 14.1. The van der Waals surface area contributed by atoms with Gasteiger partial charge in [-0.1, -0.05) is 6.92 Å². The van der Waals surface area contributed by atoms with E-state index < -0.39 is 10.0 Å². The lowest BCUT2D eigenvalue weighted by molar-refractivity contribution is 0.579. The molecule has 0 spiro atoms. The van der Waals surface area contributed by atoms with E-state index in [2.05, 4.69) is 21.5 Å². The van der Waals surface area contributed by atoms with Crippen molar-refractivity contribution in [2.75, 3.05) is 0 Å². The van der Waals surface area contributed by atoms with Crippen molar-refractivity contribution in [3.8, 4) is 0 Å². The molecule has 1 heterocycles. The van der Waals surface area contributed by atoms with Gasteiger partial charge < -0.3 is 9.88 Å². The highest BCUT2D eigenvalue weighted by molar-refractivity contribution is 7.89. The molecule has 2 aliphatic carbocycles. The van der Waals surface area contributed by atoms with Gasteiger partial charge >= 0.3 is 0 Å². The molecule has 0 radical (unpaired) electrons. The van der Waals surface area contributed by atoms with Crippen LogP contribution in [-0.2, 0) is 23.1 Å². The van der Waals surface area contributed by atoms with Crippen molar-refractivity contribution in [2.24, 2.45) is 0 Å². The van der Waals surface area contributed by atoms with Crippen LogP contribution >= 0.6 is 0 Å². The van der Waals surface area contributed by atoms with Crippen molar-refractivity contribution in [3.05, 3.63) is 18.0 Å². The van der Waals surface area contributed by atoms with Crippen LogP contribution in [0.2, 0.25) is 0 Å². The molecule has 20 heavy (non-hydrogen) atoms.